The molecular weight excluding hydrogens is 258 g/mol. The predicted octanol–water partition coefficient (Wildman–Crippen LogP) is 1.01. The molecule has 1 aromatic rings. The Labute approximate surface area is 106 Å². The SMILES string of the molecule is COC(=O)CCS(=O)(=O)Nc1ccc(O)cc1C. The zero-order valence-corrected chi connectivity index (χ0v) is 11.0. The van der Waals surface area contributed by atoms with Crippen molar-refractivity contribution in [3.8, 4) is 5.75 Å². The fraction of sp³-hybridized carbons (Fsp3) is 0.364. The Bertz CT molecular complexity index is 538. The second kappa shape index (κ2) is 5.72. The maximum atomic E-state index is 11.7. The van der Waals surface area contributed by atoms with E-state index >= 15 is 0 Å². The Kier molecular flexibility index (Phi) is 4.55. The number of carbonyl (C=O) groups is 1. The number of aromatic hydroxyl groups is 1. The second-order valence-electron chi connectivity index (χ2n) is 3.75. The molecule has 0 amide bonds. The van der Waals surface area contributed by atoms with Crippen LogP contribution in [0.4, 0.5) is 5.69 Å². The quantitative estimate of drug-likeness (QED) is 0.617. The normalized spacial score (nSPS) is 11.0. The summed E-state index contributed by atoms with van der Waals surface area (Å²) in [5, 5.41) is 9.21. The van der Waals surface area contributed by atoms with Crippen LogP contribution in [0.5, 0.6) is 5.75 Å². The number of phenolic OH excluding ortho intramolecular Hbond substituents is 1. The van der Waals surface area contributed by atoms with Gasteiger partial charge in [0.25, 0.3) is 0 Å². The zero-order chi connectivity index (χ0) is 13.8. The summed E-state index contributed by atoms with van der Waals surface area (Å²) in [6.45, 7) is 1.66. The molecule has 0 aliphatic heterocycles. The van der Waals surface area contributed by atoms with Gasteiger partial charge in [-0.25, -0.2) is 8.42 Å². The van der Waals surface area contributed by atoms with E-state index in [-0.39, 0.29) is 17.9 Å². The maximum absolute atomic E-state index is 11.7. The minimum Gasteiger partial charge on any atom is -0.508 e. The third-order valence-corrected chi connectivity index (χ3v) is 3.55. The number of ether oxygens (including phenoxy) is 1. The molecule has 0 spiro atoms. The van der Waals surface area contributed by atoms with Crippen molar-refractivity contribution >= 4 is 21.7 Å². The Hall–Kier alpha value is -1.76. The van der Waals surface area contributed by atoms with Crippen molar-refractivity contribution in [2.75, 3.05) is 17.6 Å². The largest absolute Gasteiger partial charge is 0.508 e. The van der Waals surface area contributed by atoms with E-state index in [1.54, 1.807) is 6.92 Å². The van der Waals surface area contributed by atoms with Gasteiger partial charge in [-0.05, 0) is 30.7 Å². The van der Waals surface area contributed by atoms with Crippen LogP contribution in [0.15, 0.2) is 18.2 Å². The summed E-state index contributed by atoms with van der Waals surface area (Å²) in [4.78, 5) is 10.9. The van der Waals surface area contributed by atoms with E-state index in [2.05, 4.69) is 9.46 Å². The molecule has 0 unspecified atom stereocenters. The van der Waals surface area contributed by atoms with Crippen LogP contribution >= 0.6 is 0 Å². The van der Waals surface area contributed by atoms with E-state index in [0.717, 1.165) is 0 Å². The van der Waals surface area contributed by atoms with Crippen LogP contribution in [0.2, 0.25) is 0 Å². The van der Waals surface area contributed by atoms with Crippen molar-refractivity contribution in [3.63, 3.8) is 0 Å². The Balaban J connectivity index is 2.73. The first-order chi connectivity index (χ1) is 8.34. The summed E-state index contributed by atoms with van der Waals surface area (Å²) in [5.41, 5.74) is 0.967. The summed E-state index contributed by atoms with van der Waals surface area (Å²) in [6, 6.07) is 4.28. The highest BCUT2D eigenvalue weighted by molar-refractivity contribution is 7.92. The molecule has 7 heteroatoms. The number of esters is 1. The summed E-state index contributed by atoms with van der Waals surface area (Å²) in [5.74, 6) is -0.868. The van der Waals surface area contributed by atoms with E-state index in [1.807, 2.05) is 0 Å². The van der Waals surface area contributed by atoms with E-state index in [1.165, 1.54) is 25.3 Å². The smallest absolute Gasteiger partial charge is 0.306 e. The number of methoxy groups -OCH3 is 1. The molecule has 0 saturated heterocycles. The lowest BCUT2D eigenvalue weighted by Gasteiger charge is -2.10. The predicted molar refractivity (Wildman–Crippen MR) is 66.9 cm³/mol. The average molecular weight is 273 g/mol. The number of phenols is 1. The molecule has 100 valence electrons. The first-order valence-electron chi connectivity index (χ1n) is 5.21. The lowest BCUT2D eigenvalue weighted by atomic mass is 10.2. The van der Waals surface area contributed by atoms with Crippen LogP contribution in [0, 0.1) is 6.92 Å². The van der Waals surface area contributed by atoms with Crippen molar-refractivity contribution in [3.05, 3.63) is 23.8 Å². The molecule has 1 aromatic carbocycles. The Morgan fingerprint density at radius 3 is 2.67 bits per heavy atom. The highest BCUT2D eigenvalue weighted by Crippen LogP contribution is 2.21. The standard InChI is InChI=1S/C11H15NO5S/c1-8-7-9(13)3-4-10(8)12-18(15,16)6-5-11(14)17-2/h3-4,7,12-13H,5-6H2,1-2H3. The number of nitrogens with one attached hydrogen (secondary N) is 1. The summed E-state index contributed by atoms with van der Waals surface area (Å²) in [6.07, 6.45) is -0.205. The average Bonchev–Trinajstić information content (AvgIpc) is 2.30. The van der Waals surface area contributed by atoms with E-state index in [4.69, 9.17) is 0 Å². The lowest BCUT2D eigenvalue weighted by molar-refractivity contribution is -0.140. The number of rotatable bonds is 5. The van der Waals surface area contributed by atoms with Gasteiger partial charge in [0, 0.05) is 0 Å². The van der Waals surface area contributed by atoms with Gasteiger partial charge in [-0.1, -0.05) is 0 Å². The van der Waals surface area contributed by atoms with E-state index < -0.39 is 16.0 Å². The van der Waals surface area contributed by atoms with Crippen molar-refractivity contribution < 1.29 is 23.1 Å². The van der Waals surface area contributed by atoms with Crippen LogP contribution in [0.25, 0.3) is 0 Å². The van der Waals surface area contributed by atoms with Gasteiger partial charge < -0.3 is 9.84 Å². The number of carbonyl (C=O) groups excluding carboxylic acids is 1. The molecule has 0 atom stereocenters. The molecule has 0 aliphatic carbocycles. The van der Waals surface area contributed by atoms with Crippen LogP contribution in [-0.4, -0.2) is 32.4 Å². The fourth-order valence-corrected chi connectivity index (χ4v) is 2.40. The monoisotopic (exact) mass is 273 g/mol. The molecule has 0 heterocycles. The molecule has 0 saturated carbocycles. The Morgan fingerprint density at radius 2 is 2.11 bits per heavy atom. The van der Waals surface area contributed by atoms with Crippen molar-refractivity contribution in [1.29, 1.82) is 0 Å². The minimum atomic E-state index is -3.61. The van der Waals surface area contributed by atoms with Gasteiger partial charge in [0.15, 0.2) is 0 Å². The molecule has 1 rings (SSSR count). The van der Waals surface area contributed by atoms with Gasteiger partial charge in [0.1, 0.15) is 5.75 Å². The molecular formula is C11H15NO5S. The van der Waals surface area contributed by atoms with Gasteiger partial charge in [0.2, 0.25) is 10.0 Å². The third-order valence-electron chi connectivity index (χ3n) is 2.28. The van der Waals surface area contributed by atoms with Gasteiger partial charge in [0.05, 0.1) is 25.0 Å². The molecule has 0 fully saturated rings. The third kappa shape index (κ3) is 4.25. The summed E-state index contributed by atoms with van der Waals surface area (Å²) < 4.78 is 30.1. The van der Waals surface area contributed by atoms with Gasteiger partial charge in [-0.3, -0.25) is 9.52 Å². The Morgan fingerprint density at radius 1 is 1.44 bits per heavy atom. The minimum absolute atomic E-state index is 0.0602. The van der Waals surface area contributed by atoms with Crippen molar-refractivity contribution in [2.24, 2.45) is 0 Å². The number of hydrogen-bond donors (Lipinski definition) is 2. The van der Waals surface area contributed by atoms with Crippen molar-refractivity contribution in [1.82, 2.24) is 0 Å². The van der Waals surface area contributed by atoms with Crippen LogP contribution in [-0.2, 0) is 19.6 Å². The molecule has 6 nitrogen and oxygen atoms in total. The van der Waals surface area contributed by atoms with Crippen LogP contribution in [0.1, 0.15) is 12.0 Å². The maximum Gasteiger partial charge on any atom is 0.306 e. The van der Waals surface area contributed by atoms with Gasteiger partial charge in [-0.2, -0.15) is 0 Å². The molecule has 0 radical (unpaired) electrons. The first-order valence-corrected chi connectivity index (χ1v) is 6.86. The highest BCUT2D eigenvalue weighted by atomic mass is 32.2. The molecule has 0 aromatic heterocycles. The lowest BCUT2D eigenvalue weighted by Crippen LogP contribution is -2.19. The first kappa shape index (κ1) is 14.3. The fourth-order valence-electron chi connectivity index (χ4n) is 1.30. The van der Waals surface area contributed by atoms with E-state index in [0.29, 0.717) is 11.3 Å². The summed E-state index contributed by atoms with van der Waals surface area (Å²) in [7, 11) is -2.41. The van der Waals surface area contributed by atoms with Crippen LogP contribution in [0.3, 0.4) is 0 Å². The van der Waals surface area contributed by atoms with Gasteiger partial charge >= 0.3 is 5.97 Å². The van der Waals surface area contributed by atoms with Crippen molar-refractivity contribution in [2.45, 2.75) is 13.3 Å². The van der Waals surface area contributed by atoms with E-state index in [9.17, 15) is 18.3 Å². The molecule has 2 N–H and O–H groups in total. The number of aryl methyl sites for hydroxylation is 1. The molecule has 0 aliphatic rings. The zero-order valence-electron chi connectivity index (χ0n) is 10.1. The van der Waals surface area contributed by atoms with Crippen LogP contribution < -0.4 is 4.72 Å². The van der Waals surface area contributed by atoms with Gasteiger partial charge in [-0.15, -0.1) is 0 Å². The number of benzene rings is 1. The number of sulfonamides is 1. The summed E-state index contributed by atoms with van der Waals surface area (Å²) >= 11 is 0. The molecule has 18 heavy (non-hydrogen) atoms. The number of hydrogen-bond acceptors (Lipinski definition) is 5. The topological polar surface area (TPSA) is 92.7 Å². The highest BCUT2D eigenvalue weighted by Gasteiger charge is 2.14. The molecule has 0 bridgehead atoms. The number of anilines is 1. The second-order valence-corrected chi connectivity index (χ2v) is 5.59.